The molecule has 0 fully saturated rings. The summed E-state index contributed by atoms with van der Waals surface area (Å²) >= 11 is 1.79. The van der Waals surface area contributed by atoms with Crippen molar-refractivity contribution in [1.29, 1.82) is 0 Å². The van der Waals surface area contributed by atoms with Gasteiger partial charge in [-0.15, -0.1) is 0 Å². The van der Waals surface area contributed by atoms with Crippen LogP contribution in [0.4, 0.5) is 5.69 Å². The molecule has 1 aliphatic heterocycles. The fourth-order valence-electron chi connectivity index (χ4n) is 2.73. The van der Waals surface area contributed by atoms with Crippen molar-refractivity contribution in [2.45, 2.75) is 16.7 Å². The molecule has 106 valence electrons. The van der Waals surface area contributed by atoms with Crippen molar-refractivity contribution in [3.05, 3.63) is 89.5 Å². The summed E-state index contributed by atoms with van der Waals surface area (Å²) < 4.78 is 0. The number of aryl methyl sites for hydroxylation is 1. The summed E-state index contributed by atoms with van der Waals surface area (Å²) in [4.78, 5) is 7.47. The Bertz CT molecular complexity index is 880. The number of hydrogen-bond acceptors (Lipinski definition) is 2. The molecule has 0 saturated heterocycles. The lowest BCUT2D eigenvalue weighted by Gasteiger charge is -2.11. The first-order valence-corrected chi connectivity index (χ1v) is 8.15. The predicted molar refractivity (Wildman–Crippen MR) is 93.5 cm³/mol. The Morgan fingerprint density at radius 2 is 1.32 bits per heavy atom. The van der Waals surface area contributed by atoms with Gasteiger partial charge in [-0.1, -0.05) is 66.4 Å². The summed E-state index contributed by atoms with van der Waals surface area (Å²) in [6.45, 7) is 2.14. The molecule has 0 aliphatic carbocycles. The van der Waals surface area contributed by atoms with Gasteiger partial charge in [0.2, 0.25) is 0 Å². The number of benzene rings is 3. The Kier molecular flexibility index (Phi) is 3.32. The van der Waals surface area contributed by atoms with Crippen molar-refractivity contribution in [2.75, 3.05) is 0 Å². The SMILES string of the molecule is Cc1ccccc1C1=Nc2ccccc2Sc2ccccc21. The first-order valence-electron chi connectivity index (χ1n) is 7.34. The second-order valence-electron chi connectivity index (χ2n) is 5.34. The van der Waals surface area contributed by atoms with Gasteiger partial charge in [-0.05, 0) is 30.7 Å². The van der Waals surface area contributed by atoms with Crippen LogP contribution in [0.1, 0.15) is 16.7 Å². The zero-order valence-electron chi connectivity index (χ0n) is 12.3. The van der Waals surface area contributed by atoms with Gasteiger partial charge in [0.05, 0.1) is 11.4 Å². The van der Waals surface area contributed by atoms with Crippen molar-refractivity contribution < 1.29 is 0 Å². The molecule has 0 bridgehead atoms. The highest BCUT2D eigenvalue weighted by Gasteiger charge is 2.18. The second-order valence-corrected chi connectivity index (χ2v) is 6.43. The van der Waals surface area contributed by atoms with Crippen molar-refractivity contribution in [1.82, 2.24) is 0 Å². The van der Waals surface area contributed by atoms with Crippen molar-refractivity contribution >= 4 is 23.2 Å². The molecule has 1 nitrogen and oxygen atoms in total. The van der Waals surface area contributed by atoms with Gasteiger partial charge in [0, 0.05) is 20.9 Å². The molecule has 0 aromatic heterocycles. The first-order chi connectivity index (χ1) is 10.8. The summed E-state index contributed by atoms with van der Waals surface area (Å²) in [5.41, 5.74) is 5.76. The highest BCUT2D eigenvalue weighted by molar-refractivity contribution is 7.99. The summed E-state index contributed by atoms with van der Waals surface area (Å²) in [5, 5.41) is 0. The van der Waals surface area contributed by atoms with E-state index >= 15 is 0 Å². The third-order valence-corrected chi connectivity index (χ3v) is 5.00. The third-order valence-electron chi connectivity index (χ3n) is 3.86. The van der Waals surface area contributed by atoms with Crippen LogP contribution in [0.3, 0.4) is 0 Å². The van der Waals surface area contributed by atoms with Crippen molar-refractivity contribution in [3.63, 3.8) is 0 Å². The van der Waals surface area contributed by atoms with E-state index in [1.54, 1.807) is 11.8 Å². The summed E-state index contributed by atoms with van der Waals surface area (Å²) in [5.74, 6) is 0. The molecule has 2 heteroatoms. The van der Waals surface area contributed by atoms with Crippen LogP contribution < -0.4 is 0 Å². The smallest absolute Gasteiger partial charge is 0.0796 e. The molecular formula is C20H15NS. The number of rotatable bonds is 1. The minimum Gasteiger partial charge on any atom is -0.247 e. The number of para-hydroxylation sites is 1. The molecule has 1 aliphatic rings. The van der Waals surface area contributed by atoms with Crippen LogP contribution >= 0.6 is 11.8 Å². The monoisotopic (exact) mass is 301 g/mol. The largest absolute Gasteiger partial charge is 0.247 e. The van der Waals surface area contributed by atoms with Crippen LogP contribution in [0, 0.1) is 6.92 Å². The van der Waals surface area contributed by atoms with Crippen molar-refractivity contribution in [3.8, 4) is 0 Å². The Morgan fingerprint density at radius 3 is 2.14 bits per heavy atom. The maximum absolute atomic E-state index is 5.01. The Balaban J connectivity index is 2.03. The molecule has 0 N–H and O–H groups in total. The second kappa shape index (κ2) is 5.47. The maximum atomic E-state index is 5.01. The lowest BCUT2D eigenvalue weighted by Crippen LogP contribution is -2.05. The molecule has 0 amide bonds. The zero-order chi connectivity index (χ0) is 14.9. The normalized spacial score (nSPS) is 12.9. The fourth-order valence-corrected chi connectivity index (χ4v) is 3.75. The standard InChI is InChI=1S/C20H15NS/c1-14-8-2-3-9-15(14)20-16-10-4-6-12-18(16)22-19-13-7-5-11-17(19)21-20/h2-13H,1H3. The van der Waals surface area contributed by atoms with Gasteiger partial charge >= 0.3 is 0 Å². The molecule has 3 aromatic rings. The van der Waals surface area contributed by atoms with Gasteiger partial charge in [-0.2, -0.15) is 0 Å². The highest BCUT2D eigenvalue weighted by Crippen LogP contribution is 2.41. The van der Waals surface area contributed by atoms with E-state index in [4.69, 9.17) is 4.99 Å². The van der Waals surface area contributed by atoms with Gasteiger partial charge in [0.25, 0.3) is 0 Å². The molecule has 22 heavy (non-hydrogen) atoms. The minimum absolute atomic E-state index is 1.04. The maximum Gasteiger partial charge on any atom is 0.0796 e. The molecule has 0 saturated carbocycles. The van der Waals surface area contributed by atoms with Gasteiger partial charge in [-0.3, -0.25) is 0 Å². The quantitative estimate of drug-likeness (QED) is 0.444. The van der Waals surface area contributed by atoms with Crippen LogP contribution in [0.15, 0.2) is 87.6 Å². The zero-order valence-corrected chi connectivity index (χ0v) is 13.1. The molecule has 0 unspecified atom stereocenters. The average molecular weight is 301 g/mol. The van der Waals surface area contributed by atoms with Crippen molar-refractivity contribution in [2.24, 2.45) is 4.99 Å². The molecule has 0 radical (unpaired) electrons. The van der Waals surface area contributed by atoms with E-state index in [9.17, 15) is 0 Å². The van der Waals surface area contributed by atoms with Gasteiger partial charge in [0.15, 0.2) is 0 Å². The van der Waals surface area contributed by atoms with Crippen LogP contribution in [0.5, 0.6) is 0 Å². The fraction of sp³-hybridized carbons (Fsp3) is 0.0500. The lowest BCUT2D eigenvalue weighted by molar-refractivity contribution is 1.36. The number of nitrogens with zero attached hydrogens (tertiary/aromatic N) is 1. The van der Waals surface area contributed by atoms with E-state index in [-0.39, 0.29) is 0 Å². The van der Waals surface area contributed by atoms with Crippen LogP contribution in [0.25, 0.3) is 0 Å². The predicted octanol–water partition coefficient (Wildman–Crippen LogP) is 5.63. The lowest BCUT2D eigenvalue weighted by atomic mass is 9.98. The summed E-state index contributed by atoms with van der Waals surface area (Å²) in [6.07, 6.45) is 0. The Morgan fingerprint density at radius 1 is 0.682 bits per heavy atom. The van der Waals surface area contributed by atoms with E-state index in [0.29, 0.717) is 0 Å². The molecule has 0 spiro atoms. The van der Waals surface area contributed by atoms with Gasteiger partial charge in [0.1, 0.15) is 0 Å². The van der Waals surface area contributed by atoms with E-state index in [0.717, 1.165) is 11.4 Å². The summed E-state index contributed by atoms with van der Waals surface area (Å²) in [7, 11) is 0. The number of aliphatic imine (C=N–C) groups is 1. The van der Waals surface area contributed by atoms with Crippen LogP contribution in [-0.2, 0) is 0 Å². The third kappa shape index (κ3) is 2.26. The van der Waals surface area contributed by atoms with E-state index in [1.165, 1.54) is 26.5 Å². The van der Waals surface area contributed by atoms with E-state index in [1.807, 2.05) is 6.07 Å². The number of fused-ring (bicyclic) bond motifs is 2. The van der Waals surface area contributed by atoms with E-state index in [2.05, 4.69) is 73.7 Å². The summed E-state index contributed by atoms with van der Waals surface area (Å²) in [6, 6.07) is 25.3. The van der Waals surface area contributed by atoms with Gasteiger partial charge < -0.3 is 0 Å². The Labute approximate surface area is 134 Å². The topological polar surface area (TPSA) is 12.4 Å². The van der Waals surface area contributed by atoms with Gasteiger partial charge in [-0.25, -0.2) is 4.99 Å². The molecule has 4 rings (SSSR count). The highest BCUT2D eigenvalue weighted by atomic mass is 32.2. The average Bonchev–Trinajstić information content (AvgIpc) is 2.72. The first kappa shape index (κ1) is 13.4. The molecule has 1 heterocycles. The molecule has 3 aromatic carbocycles. The van der Waals surface area contributed by atoms with Crippen LogP contribution in [0.2, 0.25) is 0 Å². The molecule has 0 atom stereocenters. The Hall–Kier alpha value is -2.32. The minimum atomic E-state index is 1.04. The van der Waals surface area contributed by atoms with Crippen LogP contribution in [-0.4, -0.2) is 5.71 Å². The van der Waals surface area contributed by atoms with E-state index < -0.39 is 0 Å². The molecular weight excluding hydrogens is 286 g/mol. The number of hydrogen-bond donors (Lipinski definition) is 0.